The van der Waals surface area contributed by atoms with Gasteiger partial charge in [0, 0.05) is 178 Å². The zero-order chi connectivity index (χ0) is 93.2. The van der Waals surface area contributed by atoms with Gasteiger partial charge in [-0.15, -0.1) is 0 Å². The molecule has 24 nitrogen and oxygen atoms in total. The summed E-state index contributed by atoms with van der Waals surface area (Å²) in [5.74, 6) is 14.4. The summed E-state index contributed by atoms with van der Waals surface area (Å²) >= 11 is 0. The Balaban J connectivity index is 0.000000120. The number of likely N-dealkylation sites (N-methyl/N-ethyl adjacent to an activating group) is 3. The molecule has 712 valence electrons. The fourth-order valence-electron chi connectivity index (χ4n) is 20.6. The highest BCUT2D eigenvalue weighted by atomic mass is 19.1. The summed E-state index contributed by atoms with van der Waals surface area (Å²) in [6.07, 6.45) is 18.6. The molecule has 135 heavy (non-hydrogen) atoms. The van der Waals surface area contributed by atoms with E-state index in [4.69, 9.17) is 58.6 Å². The van der Waals surface area contributed by atoms with E-state index in [0.717, 1.165) is 268 Å². The van der Waals surface area contributed by atoms with Crippen LogP contribution in [0.3, 0.4) is 0 Å². The number of rotatable bonds is 29. The number of hydrogen-bond acceptors (Lipinski definition) is 24. The SMILES string of the molecule is CCCN(C)c1cccc2nc(C3CC3)nc(N3CCC(c4ccccc4OC)CC3)c12.COc1ccccc1C1CCN(c2nc(C3CC3)nc3c(F)cc(N(C)CCO)cc23)CC1.COc1ccccc1C1CCN(c2nc(C3CC3)nc3ccc(N(C)CCN4CCOCC4)cc23)CC1.COc1ccccc1C1CCN(c2nc(C3CC3)nc3ccc(N(C)CCO)c(F)c23)CC1. The third-order valence-corrected chi connectivity index (χ3v) is 29.1. The van der Waals surface area contributed by atoms with Crippen molar-refractivity contribution in [2.75, 3.05) is 220 Å². The maximum absolute atomic E-state index is 15.8. The number of halogens is 2. The number of aromatic nitrogens is 8. The van der Waals surface area contributed by atoms with Gasteiger partial charge in [-0.25, -0.2) is 48.7 Å². The lowest BCUT2D eigenvalue weighted by Crippen LogP contribution is -2.40. The van der Waals surface area contributed by atoms with Crippen molar-refractivity contribution < 1.29 is 42.7 Å². The fourth-order valence-corrected chi connectivity index (χ4v) is 20.6. The molecule has 26 heteroatoms. The summed E-state index contributed by atoms with van der Waals surface area (Å²) in [4.78, 5) is 59.9. The number of hydrogen-bond donors (Lipinski definition) is 2. The molecule has 21 rings (SSSR count). The van der Waals surface area contributed by atoms with E-state index < -0.39 is 0 Å². The van der Waals surface area contributed by atoms with Crippen molar-refractivity contribution >= 4 is 89.6 Å². The number of nitrogens with zero attached hydrogens (tertiary/aromatic N) is 17. The molecule has 12 aromatic rings. The minimum absolute atomic E-state index is 0.0105. The monoisotopic (exact) mass is 1830 g/mol. The lowest BCUT2D eigenvalue weighted by Gasteiger charge is -2.35. The molecule has 4 aliphatic carbocycles. The minimum atomic E-state index is -0.332. The van der Waals surface area contributed by atoms with Gasteiger partial charge < -0.3 is 73.1 Å². The van der Waals surface area contributed by atoms with Gasteiger partial charge in [-0.2, -0.15) is 0 Å². The van der Waals surface area contributed by atoms with Crippen LogP contribution in [-0.2, 0) is 4.74 Å². The van der Waals surface area contributed by atoms with Crippen molar-refractivity contribution in [1.82, 2.24) is 44.8 Å². The molecule has 4 saturated carbocycles. The number of morpholine rings is 1. The molecule has 2 N–H and O–H groups in total. The molecule has 8 aromatic carbocycles. The summed E-state index contributed by atoms with van der Waals surface area (Å²) in [6, 6.07) is 53.8. The van der Waals surface area contributed by atoms with Crippen LogP contribution in [-0.4, -0.2) is 236 Å². The lowest BCUT2D eigenvalue weighted by atomic mass is 9.88. The van der Waals surface area contributed by atoms with Gasteiger partial charge in [0.2, 0.25) is 0 Å². The number of methoxy groups -OCH3 is 4. The number of anilines is 8. The van der Waals surface area contributed by atoms with E-state index in [0.29, 0.717) is 88.4 Å². The molecule has 9 fully saturated rings. The van der Waals surface area contributed by atoms with Crippen LogP contribution in [0.5, 0.6) is 23.0 Å². The van der Waals surface area contributed by atoms with Crippen LogP contribution in [0, 0.1) is 11.6 Å². The Labute approximate surface area is 794 Å². The quantitative estimate of drug-likeness (QED) is 0.0445. The van der Waals surface area contributed by atoms with Gasteiger partial charge in [0.05, 0.1) is 87.9 Å². The van der Waals surface area contributed by atoms with E-state index >= 15 is 8.78 Å². The van der Waals surface area contributed by atoms with Crippen molar-refractivity contribution in [3.63, 3.8) is 0 Å². The number of fused-ring (bicyclic) bond motifs is 4. The summed E-state index contributed by atoms with van der Waals surface area (Å²) in [5.41, 5.74) is 12.0. The second-order valence-corrected chi connectivity index (χ2v) is 38.3. The van der Waals surface area contributed by atoms with Gasteiger partial charge in [0.1, 0.15) is 75.1 Å². The Morgan fingerprint density at radius 2 is 0.726 bits per heavy atom. The molecule has 0 unspecified atom stereocenters. The fraction of sp³-hybridized carbons (Fsp3) is 0.486. The molecular formula is C109H135F2N17O7. The third-order valence-electron chi connectivity index (χ3n) is 29.1. The van der Waals surface area contributed by atoms with Crippen LogP contribution in [0.1, 0.15) is 209 Å². The molecule has 4 aromatic heterocycles. The zero-order valence-electron chi connectivity index (χ0n) is 80.4. The van der Waals surface area contributed by atoms with Gasteiger partial charge in [-0.05, 0) is 234 Å². The highest BCUT2D eigenvalue weighted by molar-refractivity contribution is 6.01. The lowest BCUT2D eigenvalue weighted by molar-refractivity contribution is 0.0393. The van der Waals surface area contributed by atoms with Crippen LogP contribution >= 0.6 is 0 Å². The van der Waals surface area contributed by atoms with E-state index in [-0.39, 0.29) is 24.8 Å². The Kier molecular flexibility index (Phi) is 30.0. The Morgan fingerprint density at radius 3 is 1.17 bits per heavy atom. The molecule has 9 heterocycles. The largest absolute Gasteiger partial charge is 0.496 e. The first kappa shape index (κ1) is 93.8. The van der Waals surface area contributed by atoms with Crippen LogP contribution < -0.4 is 58.1 Å². The van der Waals surface area contributed by atoms with E-state index in [1.807, 2.05) is 48.3 Å². The van der Waals surface area contributed by atoms with E-state index in [9.17, 15) is 10.2 Å². The molecule has 0 amide bonds. The topological polar surface area (TPSA) is 219 Å². The van der Waals surface area contributed by atoms with Crippen molar-refractivity contribution in [1.29, 1.82) is 0 Å². The van der Waals surface area contributed by atoms with E-state index in [2.05, 4.69) is 169 Å². The molecule has 5 aliphatic heterocycles. The normalized spacial score (nSPS) is 17.6. The average molecular weight is 1830 g/mol. The summed E-state index contributed by atoms with van der Waals surface area (Å²) in [7, 11) is 15.0. The first-order valence-corrected chi connectivity index (χ1v) is 49.6. The Hall–Kier alpha value is -11.6. The van der Waals surface area contributed by atoms with Crippen LogP contribution in [0.4, 0.5) is 54.8 Å². The summed E-state index contributed by atoms with van der Waals surface area (Å²) in [6.45, 7) is 17.1. The first-order chi connectivity index (χ1) is 66.1. The van der Waals surface area contributed by atoms with Crippen molar-refractivity contribution in [2.45, 2.75) is 163 Å². The van der Waals surface area contributed by atoms with Gasteiger partial charge in [-0.3, -0.25) is 4.90 Å². The van der Waals surface area contributed by atoms with E-state index in [1.165, 1.54) is 76.2 Å². The van der Waals surface area contributed by atoms with Gasteiger partial charge in [0.15, 0.2) is 11.6 Å². The third kappa shape index (κ3) is 21.6. The number of aliphatic hydroxyl groups is 2. The summed E-state index contributed by atoms with van der Waals surface area (Å²) < 4.78 is 59.0. The predicted octanol–water partition coefficient (Wildman–Crippen LogP) is 19.3. The van der Waals surface area contributed by atoms with Gasteiger partial charge >= 0.3 is 0 Å². The smallest absolute Gasteiger partial charge is 0.159 e. The molecule has 0 spiro atoms. The first-order valence-electron chi connectivity index (χ1n) is 49.6. The molecule has 0 atom stereocenters. The highest BCUT2D eigenvalue weighted by Gasteiger charge is 2.38. The Bertz CT molecular complexity index is 6040. The Morgan fingerprint density at radius 1 is 0.348 bits per heavy atom. The highest BCUT2D eigenvalue weighted by Crippen LogP contribution is 2.49. The summed E-state index contributed by atoms with van der Waals surface area (Å²) in [5, 5.41) is 22.3. The average Bonchev–Trinajstić information content (AvgIpc) is 1.76. The van der Waals surface area contributed by atoms with Crippen LogP contribution in [0.15, 0.2) is 158 Å². The van der Waals surface area contributed by atoms with Crippen LogP contribution in [0.25, 0.3) is 43.6 Å². The molecular weight excluding hydrogens is 1700 g/mol. The second kappa shape index (κ2) is 43.2. The molecule has 5 saturated heterocycles. The second-order valence-electron chi connectivity index (χ2n) is 38.3. The minimum Gasteiger partial charge on any atom is -0.496 e. The molecule has 0 bridgehead atoms. The zero-order valence-corrected chi connectivity index (χ0v) is 80.4. The standard InChI is InChI=1S/C30H39N5O2.C27H34N4O.2C26H31FN4O2/c1-33(15-16-34-17-19-37-20-18-34)24-9-10-27-26(21-24)30(32-29(31-27)23-7-8-23)35-13-11-22(12-14-35)25-5-3-4-6-28(25)36-2;1-4-16-30(2)23-10-7-9-22-25(23)27(29-26(28-22)20-12-13-20)31-17-14-19(15-18-31)21-8-5-6-11-24(21)32-3;1-30(13-14-32)19-15-21-24(22(27)16-19)28-25(18-7-8-18)29-26(21)31-11-9-17(10-12-31)20-5-3-4-6-23(20)33-2;1-30(15-16-32)21-10-9-20-23(24(21)27)26(29-25(28-20)18-7-8-18)31-13-11-17(12-14-31)19-5-3-4-6-22(19)33-2/h3-6,9-10,21-23H,7-8,11-20H2,1-2H3;5-11,19-20H,4,12-18H2,1-3H3;3-6,15-18,32H,7-14H2,1-2H3;3-6,9-10,17-18,32H,7-8,11-16H2,1-2H3. The van der Waals surface area contributed by atoms with Gasteiger partial charge in [0.25, 0.3) is 0 Å². The van der Waals surface area contributed by atoms with Crippen molar-refractivity contribution in [2.24, 2.45) is 0 Å². The number of para-hydroxylation sites is 4. The number of benzene rings is 8. The van der Waals surface area contributed by atoms with Crippen molar-refractivity contribution in [3.8, 4) is 23.0 Å². The number of aliphatic hydroxyl groups excluding tert-OH is 2. The maximum atomic E-state index is 15.8. The van der Waals surface area contributed by atoms with Crippen molar-refractivity contribution in [3.05, 3.63) is 215 Å². The maximum Gasteiger partial charge on any atom is 0.159 e. The van der Waals surface area contributed by atoms with Gasteiger partial charge in [-0.1, -0.05) is 85.8 Å². The van der Waals surface area contributed by atoms with E-state index in [1.54, 1.807) is 46.5 Å². The molecule has 0 radical (unpaired) electrons. The van der Waals surface area contributed by atoms with Crippen LogP contribution in [0.2, 0.25) is 0 Å². The number of ether oxygens (including phenoxy) is 5. The number of piperidine rings is 4. The predicted molar refractivity (Wildman–Crippen MR) is 539 cm³/mol. The molecule has 9 aliphatic rings.